The summed E-state index contributed by atoms with van der Waals surface area (Å²) in [4.78, 5) is 17.9. The molecule has 150 valence electrons. The smallest absolute Gasteiger partial charge is 0.276 e. The largest absolute Gasteiger partial charge is 0.356 e. The fraction of sp³-hybridized carbons (Fsp3) is 0.474. The zero-order chi connectivity index (χ0) is 18.5. The number of halogens is 1. The Bertz CT molecular complexity index is 800. The third-order valence-electron chi connectivity index (χ3n) is 5.02. The lowest BCUT2D eigenvalue weighted by Crippen LogP contribution is -2.43. The van der Waals surface area contributed by atoms with Crippen LogP contribution in [-0.4, -0.2) is 76.7 Å². The Morgan fingerprint density at radius 2 is 2.18 bits per heavy atom. The normalized spacial score (nSPS) is 19.8. The fourth-order valence-corrected chi connectivity index (χ4v) is 3.59. The summed E-state index contributed by atoms with van der Waals surface area (Å²) in [5.74, 6) is 2.07. The van der Waals surface area contributed by atoms with E-state index >= 15 is 0 Å². The summed E-state index contributed by atoms with van der Waals surface area (Å²) in [6, 6.07) is 6.23. The summed E-state index contributed by atoms with van der Waals surface area (Å²) in [5.41, 5.74) is 0.694. The molecule has 8 nitrogen and oxygen atoms in total. The van der Waals surface area contributed by atoms with E-state index in [0.717, 1.165) is 32.1 Å². The van der Waals surface area contributed by atoms with Crippen molar-refractivity contribution in [2.45, 2.75) is 18.9 Å². The van der Waals surface area contributed by atoms with Crippen LogP contribution in [0.15, 0.2) is 46.1 Å². The highest BCUT2D eigenvalue weighted by Crippen LogP contribution is 2.18. The standard InChI is InChI=1S/C19H25N7O.HI/c1-20-19(26-13-8-15(14-26)25-11-4-5-12-25)22-10-7-17-23-18(27-24-17)16-6-2-3-9-21-16;/h2-6,9,15H,7-8,10-14H2,1H3,(H,20,22);1H. The fourth-order valence-electron chi connectivity index (χ4n) is 3.59. The topological polar surface area (TPSA) is 82.7 Å². The molecular weight excluding hydrogens is 469 g/mol. The molecule has 1 fully saturated rings. The van der Waals surface area contributed by atoms with Crippen molar-refractivity contribution in [2.75, 3.05) is 39.8 Å². The second-order valence-corrected chi connectivity index (χ2v) is 6.77. The zero-order valence-corrected chi connectivity index (χ0v) is 18.3. The van der Waals surface area contributed by atoms with Crippen LogP contribution in [0.4, 0.5) is 0 Å². The van der Waals surface area contributed by atoms with Gasteiger partial charge in [0.1, 0.15) is 5.69 Å². The van der Waals surface area contributed by atoms with Gasteiger partial charge in [-0.2, -0.15) is 4.98 Å². The van der Waals surface area contributed by atoms with Crippen molar-refractivity contribution in [1.29, 1.82) is 0 Å². The minimum absolute atomic E-state index is 0. The molecule has 1 N–H and O–H groups in total. The summed E-state index contributed by atoms with van der Waals surface area (Å²) in [6.45, 7) is 4.91. The highest BCUT2D eigenvalue weighted by molar-refractivity contribution is 14.0. The lowest BCUT2D eigenvalue weighted by atomic mass is 10.2. The van der Waals surface area contributed by atoms with E-state index < -0.39 is 0 Å². The van der Waals surface area contributed by atoms with Crippen LogP contribution in [0.1, 0.15) is 12.2 Å². The van der Waals surface area contributed by atoms with Gasteiger partial charge >= 0.3 is 0 Å². The molecule has 1 saturated heterocycles. The van der Waals surface area contributed by atoms with Gasteiger partial charge in [0, 0.05) is 58.4 Å². The molecule has 9 heteroatoms. The number of nitrogens with zero attached hydrogens (tertiary/aromatic N) is 6. The van der Waals surface area contributed by atoms with Gasteiger partial charge in [0.15, 0.2) is 11.8 Å². The predicted octanol–water partition coefficient (Wildman–Crippen LogP) is 1.81. The Hall–Kier alpha value is -2.01. The van der Waals surface area contributed by atoms with E-state index in [1.807, 2.05) is 25.2 Å². The predicted molar refractivity (Wildman–Crippen MR) is 119 cm³/mol. The van der Waals surface area contributed by atoms with Crippen LogP contribution in [0.3, 0.4) is 0 Å². The van der Waals surface area contributed by atoms with Gasteiger partial charge in [-0.15, -0.1) is 24.0 Å². The number of guanidine groups is 1. The minimum Gasteiger partial charge on any atom is -0.356 e. The monoisotopic (exact) mass is 495 g/mol. The van der Waals surface area contributed by atoms with E-state index in [-0.39, 0.29) is 24.0 Å². The molecule has 0 spiro atoms. The molecule has 0 bridgehead atoms. The summed E-state index contributed by atoms with van der Waals surface area (Å²) < 4.78 is 5.30. The lowest BCUT2D eigenvalue weighted by Gasteiger charge is -2.25. The quantitative estimate of drug-likeness (QED) is 0.293. The Morgan fingerprint density at radius 1 is 1.32 bits per heavy atom. The molecule has 0 amide bonds. The number of pyridine rings is 1. The molecule has 0 aliphatic carbocycles. The number of likely N-dealkylation sites (tertiary alicyclic amines) is 1. The number of aromatic nitrogens is 3. The van der Waals surface area contributed by atoms with Gasteiger partial charge in [0.25, 0.3) is 5.89 Å². The Morgan fingerprint density at radius 3 is 2.93 bits per heavy atom. The van der Waals surface area contributed by atoms with Crippen LogP contribution in [0.5, 0.6) is 0 Å². The van der Waals surface area contributed by atoms with Gasteiger partial charge in [0.05, 0.1) is 0 Å². The molecule has 2 aliphatic rings. The van der Waals surface area contributed by atoms with E-state index in [1.165, 1.54) is 6.42 Å². The summed E-state index contributed by atoms with van der Waals surface area (Å²) >= 11 is 0. The van der Waals surface area contributed by atoms with E-state index in [0.29, 0.717) is 36.4 Å². The average molecular weight is 495 g/mol. The van der Waals surface area contributed by atoms with Crippen molar-refractivity contribution in [3.63, 3.8) is 0 Å². The first-order chi connectivity index (χ1) is 13.3. The Kier molecular flexibility index (Phi) is 7.37. The van der Waals surface area contributed by atoms with Crippen molar-refractivity contribution in [3.05, 3.63) is 42.4 Å². The third-order valence-corrected chi connectivity index (χ3v) is 5.02. The average Bonchev–Trinajstić information content (AvgIpc) is 3.47. The maximum atomic E-state index is 5.30. The van der Waals surface area contributed by atoms with Gasteiger partial charge in [0.2, 0.25) is 0 Å². The van der Waals surface area contributed by atoms with Gasteiger partial charge in [-0.25, -0.2) is 0 Å². The Balaban J connectivity index is 0.00000225. The SMILES string of the molecule is CN=C(NCCc1noc(-c2ccccn2)n1)N1CCC(N2CC=CC2)C1.I. The highest BCUT2D eigenvalue weighted by atomic mass is 127. The van der Waals surface area contributed by atoms with Crippen molar-refractivity contribution in [2.24, 2.45) is 4.99 Å². The second kappa shape index (κ2) is 9.97. The van der Waals surface area contributed by atoms with Crippen LogP contribution < -0.4 is 5.32 Å². The van der Waals surface area contributed by atoms with Crippen molar-refractivity contribution in [3.8, 4) is 11.6 Å². The maximum Gasteiger partial charge on any atom is 0.276 e. The first kappa shape index (κ1) is 20.7. The summed E-state index contributed by atoms with van der Waals surface area (Å²) in [6.07, 6.45) is 8.06. The number of hydrogen-bond donors (Lipinski definition) is 1. The van der Waals surface area contributed by atoms with Crippen molar-refractivity contribution >= 4 is 29.9 Å². The number of nitrogens with one attached hydrogen (secondary N) is 1. The van der Waals surface area contributed by atoms with Crippen LogP contribution in [-0.2, 0) is 6.42 Å². The molecule has 0 saturated carbocycles. The van der Waals surface area contributed by atoms with Crippen LogP contribution in [0.25, 0.3) is 11.6 Å². The molecule has 2 aromatic heterocycles. The van der Waals surface area contributed by atoms with E-state index in [2.05, 4.69) is 47.4 Å². The third kappa shape index (κ3) is 4.88. The maximum absolute atomic E-state index is 5.30. The molecule has 1 atom stereocenters. The van der Waals surface area contributed by atoms with Crippen LogP contribution in [0, 0.1) is 0 Å². The first-order valence-electron chi connectivity index (χ1n) is 9.42. The Labute approximate surface area is 182 Å². The number of rotatable bonds is 5. The van der Waals surface area contributed by atoms with E-state index in [4.69, 9.17) is 4.52 Å². The number of hydrogen-bond acceptors (Lipinski definition) is 6. The molecular formula is C19H26IN7O. The molecule has 28 heavy (non-hydrogen) atoms. The summed E-state index contributed by atoms with van der Waals surface area (Å²) in [5, 5.41) is 7.47. The first-order valence-corrected chi connectivity index (χ1v) is 9.42. The molecule has 2 aliphatic heterocycles. The van der Waals surface area contributed by atoms with Gasteiger partial charge < -0.3 is 14.7 Å². The molecule has 0 aromatic carbocycles. The minimum atomic E-state index is 0. The molecule has 2 aromatic rings. The summed E-state index contributed by atoms with van der Waals surface area (Å²) in [7, 11) is 1.83. The van der Waals surface area contributed by atoms with Gasteiger partial charge in [-0.1, -0.05) is 23.4 Å². The lowest BCUT2D eigenvalue weighted by molar-refractivity contribution is 0.259. The molecule has 1 unspecified atom stereocenters. The molecule has 0 radical (unpaired) electrons. The second-order valence-electron chi connectivity index (χ2n) is 6.77. The van der Waals surface area contributed by atoms with Gasteiger partial charge in [-0.05, 0) is 18.6 Å². The van der Waals surface area contributed by atoms with Crippen molar-refractivity contribution in [1.82, 2.24) is 30.2 Å². The zero-order valence-electron chi connectivity index (χ0n) is 16.0. The van der Waals surface area contributed by atoms with E-state index in [1.54, 1.807) is 6.20 Å². The molecule has 4 rings (SSSR count). The van der Waals surface area contributed by atoms with Gasteiger partial charge in [-0.3, -0.25) is 14.9 Å². The highest BCUT2D eigenvalue weighted by Gasteiger charge is 2.29. The van der Waals surface area contributed by atoms with Crippen molar-refractivity contribution < 1.29 is 4.52 Å². The molecule has 4 heterocycles. The van der Waals surface area contributed by atoms with Crippen LogP contribution >= 0.6 is 24.0 Å². The number of aliphatic imine (C=N–C) groups is 1. The van der Waals surface area contributed by atoms with Crippen LogP contribution in [0.2, 0.25) is 0 Å². The van der Waals surface area contributed by atoms with E-state index in [9.17, 15) is 0 Å².